The second-order valence-corrected chi connectivity index (χ2v) is 18.9. The Morgan fingerprint density at radius 2 is 1.50 bits per heavy atom. The minimum absolute atomic E-state index is 0.116. The van der Waals surface area contributed by atoms with Gasteiger partial charge in [-0.3, -0.25) is 9.46 Å². The van der Waals surface area contributed by atoms with Gasteiger partial charge in [0.15, 0.2) is 8.32 Å². The summed E-state index contributed by atoms with van der Waals surface area (Å²) in [5.41, 5.74) is 0.718. The van der Waals surface area contributed by atoms with E-state index < -0.39 is 25.9 Å². The Balaban J connectivity index is 1.92. The Morgan fingerprint density at radius 1 is 0.971 bits per heavy atom. The van der Waals surface area contributed by atoms with E-state index in [0.717, 1.165) is 12.1 Å². The van der Waals surface area contributed by atoms with Crippen LogP contribution in [-0.2, 0) is 34.2 Å². The SMILES string of the molecule is CCOP(=O)(Cc1ccc(S(=O)(=O)N2CCN(CCO[Si](C)(C)C(C)(C)C)CC2)cc1)OCC. The normalized spacial score (nSPS) is 17.3. The van der Waals surface area contributed by atoms with E-state index in [4.69, 9.17) is 13.5 Å². The third-order valence-electron chi connectivity index (χ3n) is 6.60. The van der Waals surface area contributed by atoms with Crippen LogP contribution in [0, 0.1) is 0 Å². The van der Waals surface area contributed by atoms with Gasteiger partial charge in [0, 0.05) is 39.3 Å². The lowest BCUT2D eigenvalue weighted by molar-refractivity contribution is 0.153. The average molecular weight is 535 g/mol. The van der Waals surface area contributed by atoms with Gasteiger partial charge in [0.25, 0.3) is 0 Å². The molecule has 0 aliphatic carbocycles. The summed E-state index contributed by atoms with van der Waals surface area (Å²) in [7, 11) is -8.58. The molecule has 1 aromatic rings. The molecule has 0 N–H and O–H groups in total. The molecule has 11 heteroatoms. The number of nitrogens with zero attached hydrogens (tertiary/aromatic N) is 2. The van der Waals surface area contributed by atoms with Crippen molar-refractivity contribution < 1.29 is 26.5 Å². The fourth-order valence-electron chi connectivity index (χ4n) is 3.50. The first-order chi connectivity index (χ1) is 15.7. The molecule has 0 radical (unpaired) electrons. The van der Waals surface area contributed by atoms with Gasteiger partial charge in [-0.05, 0) is 49.7 Å². The molecule has 2 rings (SSSR count). The highest BCUT2D eigenvalue weighted by Gasteiger charge is 2.37. The van der Waals surface area contributed by atoms with E-state index in [2.05, 4.69) is 38.8 Å². The minimum Gasteiger partial charge on any atom is -0.416 e. The Labute approximate surface area is 207 Å². The number of sulfonamides is 1. The van der Waals surface area contributed by atoms with Crippen molar-refractivity contribution >= 4 is 25.9 Å². The van der Waals surface area contributed by atoms with Crippen LogP contribution in [0.1, 0.15) is 40.2 Å². The Morgan fingerprint density at radius 3 is 1.97 bits per heavy atom. The lowest BCUT2D eigenvalue weighted by Crippen LogP contribution is -2.50. The van der Waals surface area contributed by atoms with Crippen molar-refractivity contribution in [3.05, 3.63) is 29.8 Å². The Bertz CT molecular complexity index is 916. The fourth-order valence-corrected chi connectivity index (χ4v) is 7.66. The summed E-state index contributed by atoms with van der Waals surface area (Å²) in [5.74, 6) is 0. The number of rotatable bonds is 12. The molecule has 0 saturated carbocycles. The van der Waals surface area contributed by atoms with Gasteiger partial charge < -0.3 is 13.5 Å². The van der Waals surface area contributed by atoms with E-state index in [0.29, 0.717) is 32.8 Å². The van der Waals surface area contributed by atoms with Gasteiger partial charge in [-0.1, -0.05) is 32.9 Å². The summed E-state index contributed by atoms with van der Waals surface area (Å²) < 4.78 is 57.5. The van der Waals surface area contributed by atoms with Gasteiger partial charge >= 0.3 is 7.60 Å². The molecule has 196 valence electrons. The van der Waals surface area contributed by atoms with Crippen molar-refractivity contribution in [1.82, 2.24) is 9.21 Å². The first-order valence-electron chi connectivity index (χ1n) is 12.1. The lowest BCUT2D eigenvalue weighted by Gasteiger charge is -2.38. The molecule has 0 aromatic heterocycles. The van der Waals surface area contributed by atoms with Crippen LogP contribution in [0.4, 0.5) is 0 Å². The van der Waals surface area contributed by atoms with Gasteiger partial charge in [-0.25, -0.2) is 8.42 Å². The third-order valence-corrected chi connectivity index (χ3v) is 15.1. The van der Waals surface area contributed by atoms with E-state index in [1.165, 1.54) is 0 Å². The summed E-state index contributed by atoms with van der Waals surface area (Å²) in [5, 5.41) is 0.179. The number of piperazine rings is 1. The van der Waals surface area contributed by atoms with Crippen LogP contribution in [0.15, 0.2) is 29.2 Å². The summed E-state index contributed by atoms with van der Waals surface area (Å²) in [4.78, 5) is 2.51. The first kappa shape index (κ1) is 29.6. The van der Waals surface area contributed by atoms with Crippen molar-refractivity contribution in [3.63, 3.8) is 0 Å². The monoisotopic (exact) mass is 534 g/mol. The predicted octanol–water partition coefficient (Wildman–Crippen LogP) is 4.78. The van der Waals surface area contributed by atoms with Crippen LogP contribution in [0.5, 0.6) is 0 Å². The van der Waals surface area contributed by atoms with Gasteiger partial charge in [0.1, 0.15) is 0 Å². The molecule has 0 amide bonds. The van der Waals surface area contributed by atoms with Gasteiger partial charge in [-0.15, -0.1) is 0 Å². The topological polar surface area (TPSA) is 85.4 Å². The average Bonchev–Trinajstić information content (AvgIpc) is 2.74. The molecule has 1 aromatic carbocycles. The van der Waals surface area contributed by atoms with Crippen molar-refractivity contribution in [1.29, 1.82) is 0 Å². The molecule has 1 aliphatic heterocycles. The smallest absolute Gasteiger partial charge is 0.335 e. The van der Waals surface area contributed by atoms with E-state index in [1.54, 1.807) is 42.4 Å². The first-order valence-corrected chi connectivity index (χ1v) is 18.2. The highest BCUT2D eigenvalue weighted by molar-refractivity contribution is 7.89. The van der Waals surface area contributed by atoms with Crippen molar-refractivity contribution in [2.75, 3.05) is 52.5 Å². The van der Waals surface area contributed by atoms with Crippen LogP contribution in [0.2, 0.25) is 18.1 Å². The van der Waals surface area contributed by atoms with Crippen LogP contribution >= 0.6 is 7.60 Å². The Kier molecular flexibility index (Phi) is 10.6. The molecule has 0 spiro atoms. The fraction of sp³-hybridized carbons (Fsp3) is 0.739. The molecule has 0 bridgehead atoms. The van der Waals surface area contributed by atoms with E-state index in [9.17, 15) is 13.0 Å². The summed E-state index contributed by atoms with van der Waals surface area (Å²) in [6.07, 6.45) is 0.116. The maximum Gasteiger partial charge on any atom is 0.335 e. The zero-order valence-corrected chi connectivity index (χ0v) is 24.6. The molecule has 1 aliphatic rings. The quantitative estimate of drug-likeness (QED) is 0.282. The molecule has 1 saturated heterocycles. The number of hydrogen-bond donors (Lipinski definition) is 0. The molecule has 1 fully saturated rings. The van der Waals surface area contributed by atoms with Crippen molar-refractivity contribution in [3.8, 4) is 0 Å². The van der Waals surface area contributed by atoms with Gasteiger partial charge in [0.2, 0.25) is 10.0 Å². The van der Waals surface area contributed by atoms with Crippen molar-refractivity contribution in [2.45, 2.75) is 63.8 Å². The molecule has 0 atom stereocenters. The maximum absolute atomic E-state index is 13.1. The van der Waals surface area contributed by atoms with Crippen LogP contribution in [0.3, 0.4) is 0 Å². The molecular formula is C23H43N2O6PSSi. The zero-order chi connectivity index (χ0) is 25.6. The molecule has 34 heavy (non-hydrogen) atoms. The predicted molar refractivity (Wildman–Crippen MR) is 139 cm³/mol. The van der Waals surface area contributed by atoms with Crippen LogP contribution in [-0.4, -0.2) is 78.5 Å². The highest BCUT2D eigenvalue weighted by Crippen LogP contribution is 2.51. The second-order valence-electron chi connectivity index (χ2n) is 10.1. The van der Waals surface area contributed by atoms with Crippen LogP contribution < -0.4 is 0 Å². The third kappa shape index (κ3) is 7.96. The zero-order valence-electron chi connectivity index (χ0n) is 21.9. The van der Waals surface area contributed by atoms with Crippen LogP contribution in [0.25, 0.3) is 0 Å². The Hall–Kier alpha value is -0.583. The summed E-state index contributed by atoms with van der Waals surface area (Å²) >= 11 is 0. The number of hydrogen-bond acceptors (Lipinski definition) is 7. The lowest BCUT2D eigenvalue weighted by atomic mass is 10.2. The number of benzene rings is 1. The second kappa shape index (κ2) is 12.1. The van der Waals surface area contributed by atoms with E-state index in [-0.39, 0.29) is 29.3 Å². The largest absolute Gasteiger partial charge is 0.416 e. The molecule has 0 unspecified atom stereocenters. The minimum atomic E-state index is -3.58. The summed E-state index contributed by atoms with van der Waals surface area (Å²) in [6, 6.07) is 6.52. The van der Waals surface area contributed by atoms with Gasteiger partial charge in [0.05, 0.1) is 24.3 Å². The van der Waals surface area contributed by atoms with E-state index in [1.807, 2.05) is 0 Å². The molecule has 8 nitrogen and oxygen atoms in total. The van der Waals surface area contributed by atoms with Gasteiger partial charge in [-0.2, -0.15) is 4.31 Å². The molecular weight excluding hydrogens is 491 g/mol. The highest BCUT2D eigenvalue weighted by atomic mass is 32.2. The summed E-state index contributed by atoms with van der Waals surface area (Å²) in [6.45, 7) is 19.1. The molecule has 1 heterocycles. The maximum atomic E-state index is 13.1. The van der Waals surface area contributed by atoms with E-state index >= 15 is 0 Å². The van der Waals surface area contributed by atoms with Crippen molar-refractivity contribution in [2.24, 2.45) is 0 Å². The standard InChI is InChI=1S/C23H43N2O6PSSi/c1-8-29-32(26,30-9-2)20-21-10-12-22(13-11-21)33(27,28)25-16-14-24(15-17-25)18-19-31-34(6,7)23(3,4)5/h10-13H,8-9,14-20H2,1-7H3.